The Kier molecular flexibility index (Phi) is 4.05. The predicted octanol–water partition coefficient (Wildman–Crippen LogP) is 3.83. The molecule has 0 bridgehead atoms. The second-order valence-electron chi connectivity index (χ2n) is 2.19. The van der Waals surface area contributed by atoms with E-state index in [1.54, 1.807) is 24.3 Å². The molecule has 0 aliphatic rings. The summed E-state index contributed by atoms with van der Waals surface area (Å²) in [7, 11) is 0. The van der Waals surface area contributed by atoms with Crippen LogP contribution in [0.3, 0.4) is 0 Å². The van der Waals surface area contributed by atoms with Gasteiger partial charge < -0.3 is 0 Å². The average molecular weight is 315 g/mol. The molecule has 1 rings (SSSR count). The maximum atomic E-state index is 12.0. The Bertz CT molecular complexity index is 328. The smallest absolute Gasteiger partial charge is 0.234 e. The molecule has 0 heterocycles. The maximum Gasteiger partial charge on any atom is 0.290 e. The van der Waals surface area contributed by atoms with Crippen LogP contribution in [0.2, 0.25) is 0 Å². The van der Waals surface area contributed by atoms with Gasteiger partial charge in [-0.2, -0.15) is 0 Å². The quantitative estimate of drug-likeness (QED) is 0.581. The summed E-state index contributed by atoms with van der Waals surface area (Å²) in [5.74, 6) is 0. The number of aliphatic imine (C=N–C) groups is 1. The van der Waals surface area contributed by atoms with Crippen LogP contribution in [0.1, 0.15) is 0 Å². The van der Waals surface area contributed by atoms with E-state index in [0.29, 0.717) is 5.69 Å². The molecule has 0 amide bonds. The van der Waals surface area contributed by atoms with E-state index in [-0.39, 0.29) is 0 Å². The van der Waals surface area contributed by atoms with Crippen molar-refractivity contribution in [1.29, 1.82) is 0 Å². The van der Waals surface area contributed by atoms with Gasteiger partial charge in [-0.3, -0.25) is 0 Å². The third-order valence-corrected chi connectivity index (χ3v) is 2.42. The first kappa shape index (κ1) is 10.8. The molecule has 0 N–H and O–H groups in total. The number of para-hydroxylation sites is 1. The number of hydrogen-bond acceptors (Lipinski definition) is 1. The minimum Gasteiger partial charge on any atom is -0.234 e. The largest absolute Gasteiger partial charge is 0.290 e. The standard InChI is InChI=1S/C8H5ClF2IN/c9-7(8(10)11)13-6-4-2-1-3-5(6)12/h1-4,8H. The maximum absolute atomic E-state index is 12.0. The van der Waals surface area contributed by atoms with E-state index >= 15 is 0 Å². The molecule has 0 spiro atoms. The van der Waals surface area contributed by atoms with E-state index < -0.39 is 11.6 Å². The Balaban J connectivity index is 2.97. The Labute approximate surface area is 93.0 Å². The minimum absolute atomic E-state index is 0.466. The van der Waals surface area contributed by atoms with E-state index in [2.05, 4.69) is 4.99 Å². The van der Waals surface area contributed by atoms with Gasteiger partial charge in [0.2, 0.25) is 0 Å². The molecule has 0 radical (unpaired) electrons. The number of halogens is 4. The van der Waals surface area contributed by atoms with Gasteiger partial charge in [0.25, 0.3) is 6.43 Å². The van der Waals surface area contributed by atoms with E-state index in [9.17, 15) is 8.78 Å². The van der Waals surface area contributed by atoms with Gasteiger partial charge in [0, 0.05) is 3.57 Å². The first-order chi connectivity index (χ1) is 6.11. The zero-order chi connectivity index (χ0) is 9.84. The van der Waals surface area contributed by atoms with Crippen molar-refractivity contribution in [2.24, 2.45) is 4.99 Å². The second kappa shape index (κ2) is 4.85. The molecule has 1 nitrogen and oxygen atoms in total. The topological polar surface area (TPSA) is 12.4 Å². The highest BCUT2D eigenvalue weighted by Crippen LogP contribution is 2.22. The van der Waals surface area contributed by atoms with Gasteiger partial charge in [0.15, 0.2) is 5.17 Å². The highest BCUT2D eigenvalue weighted by atomic mass is 127. The summed E-state index contributed by atoms with van der Waals surface area (Å²) in [4.78, 5) is 3.58. The fourth-order valence-electron chi connectivity index (χ4n) is 0.706. The molecular weight excluding hydrogens is 310 g/mol. The molecule has 70 valence electrons. The lowest BCUT2D eigenvalue weighted by Gasteiger charge is -1.98. The average Bonchev–Trinajstić information content (AvgIpc) is 2.08. The summed E-state index contributed by atoms with van der Waals surface area (Å²) in [5, 5.41) is -0.677. The summed E-state index contributed by atoms with van der Waals surface area (Å²) in [6, 6.07) is 6.93. The Morgan fingerprint density at radius 1 is 1.38 bits per heavy atom. The molecule has 5 heteroatoms. The fourth-order valence-corrected chi connectivity index (χ4v) is 1.31. The molecule has 0 saturated carbocycles. The third kappa shape index (κ3) is 3.19. The van der Waals surface area contributed by atoms with Crippen LogP contribution in [0.5, 0.6) is 0 Å². The summed E-state index contributed by atoms with van der Waals surface area (Å²) in [5.41, 5.74) is 0.466. The Morgan fingerprint density at radius 2 is 2.00 bits per heavy atom. The SMILES string of the molecule is FC(F)C(Cl)=Nc1ccccc1I. The molecule has 0 unspecified atom stereocenters. The lowest BCUT2D eigenvalue weighted by atomic mass is 10.3. The number of nitrogens with zero attached hydrogens (tertiary/aromatic N) is 1. The van der Waals surface area contributed by atoms with E-state index in [1.807, 2.05) is 22.6 Å². The normalized spacial score (nSPS) is 12.2. The Hall–Kier alpha value is -0.230. The van der Waals surface area contributed by atoms with Crippen LogP contribution < -0.4 is 0 Å². The highest BCUT2D eigenvalue weighted by Gasteiger charge is 2.09. The first-order valence-corrected chi connectivity index (χ1v) is 4.83. The van der Waals surface area contributed by atoms with E-state index in [1.165, 1.54) is 0 Å². The van der Waals surface area contributed by atoms with Crippen molar-refractivity contribution in [3.63, 3.8) is 0 Å². The Morgan fingerprint density at radius 3 is 2.54 bits per heavy atom. The highest BCUT2D eigenvalue weighted by molar-refractivity contribution is 14.1. The van der Waals surface area contributed by atoms with E-state index in [4.69, 9.17) is 11.6 Å². The zero-order valence-electron chi connectivity index (χ0n) is 6.35. The van der Waals surface area contributed by atoms with Gasteiger partial charge in [0.1, 0.15) is 0 Å². The van der Waals surface area contributed by atoms with Gasteiger partial charge in [0.05, 0.1) is 5.69 Å². The lowest BCUT2D eigenvalue weighted by molar-refractivity contribution is 0.229. The van der Waals surface area contributed by atoms with Gasteiger partial charge >= 0.3 is 0 Å². The number of rotatable bonds is 2. The number of benzene rings is 1. The van der Waals surface area contributed by atoms with Gasteiger partial charge in [-0.05, 0) is 34.7 Å². The van der Waals surface area contributed by atoms with Crippen molar-refractivity contribution >= 4 is 45.1 Å². The molecule has 0 aliphatic carbocycles. The van der Waals surface area contributed by atoms with Crippen molar-refractivity contribution in [2.45, 2.75) is 6.43 Å². The number of alkyl halides is 2. The van der Waals surface area contributed by atoms with Crippen molar-refractivity contribution in [3.05, 3.63) is 27.8 Å². The molecule has 0 aliphatic heterocycles. The van der Waals surface area contributed by atoms with Crippen LogP contribution in [0.15, 0.2) is 29.3 Å². The van der Waals surface area contributed by atoms with Crippen LogP contribution in [-0.2, 0) is 0 Å². The van der Waals surface area contributed by atoms with Crippen molar-refractivity contribution in [3.8, 4) is 0 Å². The van der Waals surface area contributed by atoms with Crippen LogP contribution in [0.4, 0.5) is 14.5 Å². The summed E-state index contributed by atoms with van der Waals surface area (Å²) in [6.07, 6.45) is -2.71. The molecule has 1 aromatic rings. The van der Waals surface area contributed by atoms with E-state index in [0.717, 1.165) is 3.57 Å². The zero-order valence-corrected chi connectivity index (χ0v) is 9.26. The summed E-state index contributed by atoms with van der Waals surface area (Å²) in [6.45, 7) is 0. The number of hydrogen-bond donors (Lipinski definition) is 0. The summed E-state index contributed by atoms with van der Waals surface area (Å²) < 4.78 is 24.8. The van der Waals surface area contributed by atoms with Gasteiger partial charge in [-0.1, -0.05) is 23.7 Å². The second-order valence-corrected chi connectivity index (χ2v) is 3.74. The van der Waals surface area contributed by atoms with Gasteiger partial charge in [-0.25, -0.2) is 13.8 Å². The molecule has 0 aromatic heterocycles. The minimum atomic E-state index is -2.71. The first-order valence-electron chi connectivity index (χ1n) is 3.38. The fraction of sp³-hybridized carbons (Fsp3) is 0.125. The molecule has 13 heavy (non-hydrogen) atoms. The van der Waals surface area contributed by atoms with Gasteiger partial charge in [-0.15, -0.1) is 0 Å². The molecular formula is C8H5ClF2IN. The molecule has 0 saturated heterocycles. The van der Waals surface area contributed by atoms with Crippen molar-refractivity contribution in [1.82, 2.24) is 0 Å². The molecule has 1 aromatic carbocycles. The molecule has 0 fully saturated rings. The van der Waals surface area contributed by atoms with Crippen molar-refractivity contribution < 1.29 is 8.78 Å². The predicted molar refractivity (Wildman–Crippen MR) is 58.1 cm³/mol. The lowest BCUT2D eigenvalue weighted by Crippen LogP contribution is -2.00. The summed E-state index contributed by atoms with van der Waals surface area (Å²) >= 11 is 7.23. The van der Waals surface area contributed by atoms with Crippen LogP contribution in [-0.4, -0.2) is 11.6 Å². The molecule has 0 atom stereocenters. The van der Waals surface area contributed by atoms with Crippen molar-refractivity contribution in [2.75, 3.05) is 0 Å². The monoisotopic (exact) mass is 315 g/mol. The van der Waals surface area contributed by atoms with Crippen LogP contribution in [0, 0.1) is 3.57 Å². The third-order valence-electron chi connectivity index (χ3n) is 1.26. The van der Waals surface area contributed by atoms with Crippen LogP contribution in [0.25, 0.3) is 0 Å². The van der Waals surface area contributed by atoms with Crippen LogP contribution >= 0.6 is 34.2 Å².